The highest BCUT2D eigenvalue weighted by atomic mass is 16.5. The zero-order valence-corrected chi connectivity index (χ0v) is 24.3. The van der Waals surface area contributed by atoms with E-state index in [-0.39, 0.29) is 48.3 Å². The normalized spacial score (nSPS) is 14.2. The van der Waals surface area contributed by atoms with Crippen LogP contribution in [0.25, 0.3) is 11.2 Å². The molecule has 228 valence electrons. The third kappa shape index (κ3) is 8.19. The predicted octanol–water partition coefficient (Wildman–Crippen LogP) is 0.692. The molecule has 0 bridgehead atoms. The van der Waals surface area contributed by atoms with Gasteiger partial charge in [0.2, 0.25) is 5.91 Å². The van der Waals surface area contributed by atoms with Crippen molar-refractivity contribution in [3.63, 3.8) is 0 Å². The molecule has 0 saturated carbocycles. The molecule has 3 aromatic rings. The van der Waals surface area contributed by atoms with Crippen molar-refractivity contribution in [2.24, 2.45) is 5.92 Å². The van der Waals surface area contributed by atoms with E-state index in [1.165, 1.54) is 7.11 Å². The van der Waals surface area contributed by atoms with Crippen molar-refractivity contribution in [1.29, 1.82) is 0 Å². The predicted molar refractivity (Wildman–Crippen MR) is 154 cm³/mol. The molecule has 1 aliphatic heterocycles. The first-order valence-electron chi connectivity index (χ1n) is 13.9. The van der Waals surface area contributed by atoms with Gasteiger partial charge in [0, 0.05) is 20.7 Å². The number of likely N-dealkylation sites (N-methyl/N-ethyl adjacent to an activating group) is 1. The second-order valence-electron chi connectivity index (χ2n) is 10.3. The number of hydrogen-bond acceptors (Lipinski definition) is 11. The van der Waals surface area contributed by atoms with Crippen LogP contribution in [0.2, 0.25) is 0 Å². The molecule has 42 heavy (non-hydrogen) atoms. The van der Waals surface area contributed by atoms with Gasteiger partial charge in [-0.2, -0.15) is 9.97 Å². The molecule has 2 aromatic heterocycles. The lowest BCUT2D eigenvalue weighted by molar-refractivity contribution is -0.139. The highest BCUT2D eigenvalue weighted by Gasteiger charge is 2.24. The van der Waals surface area contributed by atoms with E-state index in [2.05, 4.69) is 19.9 Å². The molecule has 3 heterocycles. The molecule has 4 rings (SSSR count). The lowest BCUT2D eigenvalue weighted by Crippen LogP contribution is -2.43. The maximum atomic E-state index is 12.8. The molecular weight excluding hydrogens is 546 g/mol. The van der Waals surface area contributed by atoms with Gasteiger partial charge in [-0.25, -0.2) is 4.79 Å². The van der Waals surface area contributed by atoms with Gasteiger partial charge in [-0.1, -0.05) is 12.1 Å². The Hall–Kier alpha value is -4.17. The highest BCUT2D eigenvalue weighted by molar-refractivity contribution is 5.82. The van der Waals surface area contributed by atoms with Crippen molar-refractivity contribution in [2.75, 3.05) is 73.0 Å². The number of carbonyl (C=O) groups excluding carboxylic acids is 2. The highest BCUT2D eigenvalue weighted by Crippen LogP contribution is 2.23. The molecule has 0 radical (unpaired) electrons. The molecular formula is C28H39N7O7. The number of H-pyrrole nitrogens is 1. The topological polar surface area (TPSA) is 167 Å². The zero-order chi connectivity index (χ0) is 30.1. The molecule has 14 heteroatoms. The first-order valence-corrected chi connectivity index (χ1v) is 13.9. The summed E-state index contributed by atoms with van der Waals surface area (Å²) >= 11 is 0. The third-order valence-electron chi connectivity index (χ3n) is 7.25. The van der Waals surface area contributed by atoms with Crippen LogP contribution in [0.5, 0.6) is 11.8 Å². The second kappa shape index (κ2) is 14.6. The molecule has 0 spiro atoms. The Labute approximate surface area is 243 Å². The number of esters is 1. The summed E-state index contributed by atoms with van der Waals surface area (Å²) < 4.78 is 22.6. The largest absolute Gasteiger partial charge is 0.492 e. The summed E-state index contributed by atoms with van der Waals surface area (Å²) in [5, 5.41) is 0. The summed E-state index contributed by atoms with van der Waals surface area (Å²) in [6, 6.07) is 7.36. The number of hydrogen-bond donors (Lipinski definition) is 2. The number of amides is 1. The smallest absolute Gasteiger partial charge is 0.327 e. The number of rotatable bonds is 14. The number of methoxy groups -OCH3 is 2. The van der Waals surface area contributed by atoms with Crippen LogP contribution in [-0.2, 0) is 32.0 Å². The van der Waals surface area contributed by atoms with Crippen molar-refractivity contribution in [1.82, 2.24) is 29.3 Å². The van der Waals surface area contributed by atoms with Gasteiger partial charge in [0.15, 0.2) is 11.5 Å². The maximum absolute atomic E-state index is 12.8. The van der Waals surface area contributed by atoms with Crippen molar-refractivity contribution in [3.8, 4) is 11.8 Å². The monoisotopic (exact) mass is 585 g/mol. The van der Waals surface area contributed by atoms with Crippen LogP contribution in [0.4, 0.5) is 5.82 Å². The number of anilines is 1. The lowest BCUT2D eigenvalue weighted by Gasteiger charge is -2.32. The van der Waals surface area contributed by atoms with Crippen molar-refractivity contribution < 1.29 is 28.5 Å². The number of piperidine rings is 1. The van der Waals surface area contributed by atoms with Crippen molar-refractivity contribution in [3.05, 3.63) is 40.3 Å². The van der Waals surface area contributed by atoms with Crippen LogP contribution >= 0.6 is 0 Å². The Morgan fingerprint density at radius 1 is 1.12 bits per heavy atom. The van der Waals surface area contributed by atoms with Gasteiger partial charge >= 0.3 is 17.7 Å². The molecule has 14 nitrogen and oxygen atoms in total. The van der Waals surface area contributed by atoms with Gasteiger partial charge in [-0.3, -0.25) is 19.1 Å². The Balaban J connectivity index is 1.23. The fraction of sp³-hybridized carbons (Fsp3) is 0.536. The number of carbonyl (C=O) groups is 2. The fourth-order valence-corrected chi connectivity index (χ4v) is 4.79. The molecule has 0 aliphatic carbocycles. The molecule has 3 N–H and O–H groups in total. The maximum Gasteiger partial charge on any atom is 0.327 e. The van der Waals surface area contributed by atoms with E-state index in [9.17, 15) is 14.4 Å². The first-order chi connectivity index (χ1) is 20.3. The minimum absolute atomic E-state index is 0.0116. The van der Waals surface area contributed by atoms with Crippen LogP contribution in [0.1, 0.15) is 18.4 Å². The summed E-state index contributed by atoms with van der Waals surface area (Å²) in [5.74, 6) is 0.725. The Bertz CT molecular complexity index is 1420. The lowest BCUT2D eigenvalue weighted by atomic mass is 9.96. The van der Waals surface area contributed by atoms with Gasteiger partial charge in [-0.15, -0.1) is 0 Å². The molecule has 1 amide bonds. The summed E-state index contributed by atoms with van der Waals surface area (Å²) in [6.07, 6.45) is 1.84. The zero-order valence-electron chi connectivity index (χ0n) is 24.3. The third-order valence-corrected chi connectivity index (χ3v) is 7.25. The van der Waals surface area contributed by atoms with Crippen LogP contribution in [0.15, 0.2) is 29.1 Å². The molecule has 1 aliphatic rings. The number of nitrogens with two attached hydrogens (primary N) is 1. The quantitative estimate of drug-likeness (QED) is 0.202. The van der Waals surface area contributed by atoms with E-state index in [0.717, 1.165) is 31.5 Å². The summed E-state index contributed by atoms with van der Waals surface area (Å²) in [7, 11) is 4.69. The SMILES string of the molecule is COCCOc1nc(N)c2[nH]c(=O)n(CC3CCN(CC(=O)N(C)CCOc4cccc(CC(=O)OC)c4)CC3)c2n1. The fourth-order valence-electron chi connectivity index (χ4n) is 4.79. The minimum Gasteiger partial charge on any atom is -0.492 e. The van der Waals surface area contributed by atoms with Gasteiger partial charge in [0.05, 0.1) is 33.2 Å². The van der Waals surface area contributed by atoms with Gasteiger partial charge in [0.1, 0.15) is 24.5 Å². The number of nitrogens with zero attached hydrogens (tertiary/aromatic N) is 5. The van der Waals surface area contributed by atoms with E-state index in [1.54, 1.807) is 29.7 Å². The van der Waals surface area contributed by atoms with E-state index >= 15 is 0 Å². The number of likely N-dealkylation sites (tertiary alicyclic amines) is 1. The molecule has 0 atom stereocenters. The van der Waals surface area contributed by atoms with Gasteiger partial charge in [0.25, 0.3) is 0 Å². The number of aromatic nitrogens is 4. The number of benzene rings is 1. The average Bonchev–Trinajstić information content (AvgIpc) is 3.29. The molecule has 1 aromatic carbocycles. The first kappa shape index (κ1) is 30.8. The van der Waals surface area contributed by atoms with Crippen LogP contribution in [-0.4, -0.2) is 108 Å². The number of aromatic amines is 1. The Morgan fingerprint density at radius 2 is 1.90 bits per heavy atom. The minimum atomic E-state index is -0.314. The van der Waals surface area contributed by atoms with E-state index in [0.29, 0.717) is 49.8 Å². The average molecular weight is 586 g/mol. The van der Waals surface area contributed by atoms with Gasteiger partial charge < -0.3 is 34.6 Å². The van der Waals surface area contributed by atoms with Crippen molar-refractivity contribution in [2.45, 2.75) is 25.8 Å². The van der Waals surface area contributed by atoms with E-state index in [4.69, 9.17) is 24.7 Å². The van der Waals surface area contributed by atoms with Crippen LogP contribution in [0.3, 0.4) is 0 Å². The number of nitrogen functional groups attached to an aromatic ring is 1. The number of nitrogens with one attached hydrogen (secondary N) is 1. The molecule has 1 fully saturated rings. The number of imidazole rings is 1. The van der Waals surface area contributed by atoms with Crippen LogP contribution in [0, 0.1) is 5.92 Å². The Kier molecular flexibility index (Phi) is 10.7. The van der Waals surface area contributed by atoms with Gasteiger partial charge in [-0.05, 0) is 49.5 Å². The standard InChI is InChI=1S/C28H39N7O7/c1-33(11-12-41-21-6-4-5-20(15-21)16-23(37)40-3)22(36)18-34-9-7-19(8-10-34)17-35-26-24(30-28(35)38)25(29)31-27(32-26)42-14-13-39-2/h4-6,15,19H,7-14,16-18H2,1-3H3,(H,30,38)(H2,29,31,32). The van der Waals surface area contributed by atoms with Crippen LogP contribution < -0.4 is 20.9 Å². The second-order valence-corrected chi connectivity index (χ2v) is 10.3. The summed E-state index contributed by atoms with van der Waals surface area (Å²) in [6.45, 7) is 3.69. The summed E-state index contributed by atoms with van der Waals surface area (Å²) in [5.41, 5.74) is 7.35. The number of ether oxygens (including phenoxy) is 4. The molecule has 0 unspecified atom stereocenters. The van der Waals surface area contributed by atoms with E-state index in [1.807, 2.05) is 18.2 Å². The Morgan fingerprint density at radius 3 is 2.64 bits per heavy atom. The summed E-state index contributed by atoms with van der Waals surface area (Å²) in [4.78, 5) is 52.1. The van der Waals surface area contributed by atoms with E-state index < -0.39 is 0 Å². The molecule has 1 saturated heterocycles. The van der Waals surface area contributed by atoms with Crippen molar-refractivity contribution >= 4 is 28.9 Å². The number of fused-ring (bicyclic) bond motifs is 1.